The Morgan fingerprint density at radius 2 is 2.00 bits per heavy atom. The van der Waals surface area contributed by atoms with Gasteiger partial charge in [-0.05, 0) is 36.4 Å². The lowest BCUT2D eigenvalue weighted by Gasteiger charge is -2.34. The minimum absolute atomic E-state index is 0.438. The first-order chi connectivity index (χ1) is 15.8. The molecule has 176 valence electrons. The van der Waals surface area contributed by atoms with Crippen molar-refractivity contribution in [2.75, 3.05) is 7.11 Å². The molecule has 3 aromatic rings. The molecule has 0 aliphatic carbocycles. The molecule has 0 radical (unpaired) electrons. The smallest absolute Gasteiger partial charge is 0.321 e. The van der Waals surface area contributed by atoms with Crippen LogP contribution in [0.15, 0.2) is 48.0 Å². The van der Waals surface area contributed by atoms with Crippen molar-refractivity contribution < 1.29 is 19.1 Å². The van der Waals surface area contributed by atoms with Crippen LogP contribution >= 0.6 is 22.9 Å². The number of esters is 2. The number of methoxy groups -OCH3 is 1. The van der Waals surface area contributed by atoms with E-state index in [-0.39, 0.29) is 0 Å². The van der Waals surface area contributed by atoms with Gasteiger partial charge in [0, 0.05) is 23.2 Å². The number of ether oxygens (including phenoxy) is 2. The van der Waals surface area contributed by atoms with E-state index in [1.807, 2.05) is 46.3 Å². The Balaban J connectivity index is 2.20. The van der Waals surface area contributed by atoms with Gasteiger partial charge in [-0.3, -0.25) is 9.59 Å². The standard InChI is InChI=1S/C25H29ClN2O4S/c1-5-6-13-22-27-15-20(28(22)16-18-10-7-8-11-19(18)26)23(32-17(2)29)25(3,24(30)31-4)21-12-9-14-33-21/h7-12,14-15,23H,5-6,13,16H2,1-4H3. The molecular weight excluding hydrogens is 460 g/mol. The summed E-state index contributed by atoms with van der Waals surface area (Å²) >= 11 is 7.88. The fourth-order valence-electron chi connectivity index (χ4n) is 3.92. The molecule has 0 fully saturated rings. The lowest BCUT2D eigenvalue weighted by molar-refractivity contribution is -0.162. The van der Waals surface area contributed by atoms with Gasteiger partial charge in [0.25, 0.3) is 0 Å². The molecular formula is C25H29ClN2O4S. The van der Waals surface area contributed by atoms with Crippen LogP contribution < -0.4 is 0 Å². The minimum atomic E-state index is -1.26. The number of hydrogen-bond donors (Lipinski definition) is 0. The number of thiophene rings is 1. The number of unbranched alkanes of at least 4 members (excludes halogenated alkanes) is 1. The summed E-state index contributed by atoms with van der Waals surface area (Å²) < 4.78 is 13.1. The Labute approximate surface area is 203 Å². The van der Waals surface area contributed by atoms with Crippen LogP contribution in [0.5, 0.6) is 0 Å². The van der Waals surface area contributed by atoms with Gasteiger partial charge in [0.2, 0.25) is 0 Å². The molecule has 6 nitrogen and oxygen atoms in total. The van der Waals surface area contributed by atoms with Crippen LogP contribution in [-0.4, -0.2) is 28.6 Å². The van der Waals surface area contributed by atoms with Crippen molar-refractivity contribution in [3.05, 3.63) is 75.0 Å². The molecule has 1 aromatic carbocycles. The van der Waals surface area contributed by atoms with E-state index in [0.717, 1.165) is 35.5 Å². The van der Waals surface area contributed by atoms with Gasteiger partial charge in [0.05, 0.1) is 25.5 Å². The summed E-state index contributed by atoms with van der Waals surface area (Å²) in [5, 5.41) is 2.52. The van der Waals surface area contributed by atoms with Crippen molar-refractivity contribution in [1.82, 2.24) is 9.55 Å². The normalized spacial score (nSPS) is 13.8. The van der Waals surface area contributed by atoms with Gasteiger partial charge >= 0.3 is 11.9 Å². The number of hydrogen-bond acceptors (Lipinski definition) is 6. The third-order valence-electron chi connectivity index (χ3n) is 5.73. The molecule has 0 aliphatic rings. The van der Waals surface area contributed by atoms with E-state index in [0.29, 0.717) is 17.3 Å². The molecule has 3 rings (SSSR count). The van der Waals surface area contributed by atoms with Crippen LogP contribution in [0.25, 0.3) is 0 Å². The van der Waals surface area contributed by atoms with Gasteiger partial charge in [-0.1, -0.05) is 49.2 Å². The van der Waals surface area contributed by atoms with E-state index in [1.54, 1.807) is 13.1 Å². The average Bonchev–Trinajstić information content (AvgIpc) is 3.47. The van der Waals surface area contributed by atoms with Crippen LogP contribution in [0.3, 0.4) is 0 Å². The predicted molar refractivity (Wildman–Crippen MR) is 130 cm³/mol. The van der Waals surface area contributed by atoms with E-state index in [4.69, 9.17) is 21.1 Å². The highest BCUT2D eigenvalue weighted by molar-refractivity contribution is 7.10. The number of benzene rings is 1. The van der Waals surface area contributed by atoms with Crippen LogP contribution in [0.4, 0.5) is 0 Å². The zero-order valence-corrected chi connectivity index (χ0v) is 20.9. The van der Waals surface area contributed by atoms with Crippen LogP contribution in [0.1, 0.15) is 61.7 Å². The second-order valence-corrected chi connectivity index (χ2v) is 9.40. The van der Waals surface area contributed by atoms with Crippen molar-refractivity contribution >= 4 is 34.9 Å². The molecule has 0 saturated carbocycles. The molecule has 2 unspecified atom stereocenters. The summed E-state index contributed by atoms with van der Waals surface area (Å²) in [4.78, 5) is 30.8. The van der Waals surface area contributed by atoms with E-state index < -0.39 is 23.5 Å². The van der Waals surface area contributed by atoms with Crippen LogP contribution in [0, 0.1) is 0 Å². The Hall–Kier alpha value is -2.64. The maximum Gasteiger partial charge on any atom is 0.321 e. The molecule has 8 heteroatoms. The first-order valence-electron chi connectivity index (χ1n) is 10.9. The highest BCUT2D eigenvalue weighted by Crippen LogP contribution is 2.43. The number of rotatable bonds is 10. The van der Waals surface area contributed by atoms with Gasteiger partial charge in [0.15, 0.2) is 6.10 Å². The summed E-state index contributed by atoms with van der Waals surface area (Å²) in [5.74, 6) is -0.133. The Morgan fingerprint density at radius 1 is 1.24 bits per heavy atom. The molecule has 0 N–H and O–H groups in total. The molecule has 0 aliphatic heterocycles. The first kappa shape index (κ1) is 25.0. The number of halogens is 1. The molecule has 0 spiro atoms. The minimum Gasteiger partial charge on any atom is -0.468 e. The predicted octanol–water partition coefficient (Wildman–Crippen LogP) is 5.72. The second kappa shape index (κ2) is 11.0. The van der Waals surface area contributed by atoms with E-state index >= 15 is 0 Å². The van der Waals surface area contributed by atoms with E-state index in [2.05, 4.69) is 11.9 Å². The van der Waals surface area contributed by atoms with Crippen LogP contribution in [-0.2, 0) is 37.4 Å². The maximum absolute atomic E-state index is 13.2. The highest BCUT2D eigenvalue weighted by Gasteiger charge is 2.49. The van der Waals surface area contributed by atoms with Crippen molar-refractivity contribution in [2.24, 2.45) is 0 Å². The van der Waals surface area contributed by atoms with Gasteiger partial charge < -0.3 is 14.0 Å². The molecule has 33 heavy (non-hydrogen) atoms. The number of nitrogens with zero attached hydrogens (tertiary/aromatic N) is 2. The number of aryl methyl sites for hydroxylation is 1. The zero-order valence-electron chi connectivity index (χ0n) is 19.3. The van der Waals surface area contributed by atoms with Gasteiger partial charge in [0.1, 0.15) is 11.2 Å². The SMILES string of the molecule is CCCCc1ncc(C(OC(C)=O)C(C)(C(=O)OC)c2cccs2)n1Cc1ccccc1Cl. The van der Waals surface area contributed by atoms with Crippen LogP contribution in [0.2, 0.25) is 5.02 Å². The lowest BCUT2D eigenvalue weighted by Crippen LogP contribution is -2.42. The molecule has 2 atom stereocenters. The first-order valence-corrected chi connectivity index (χ1v) is 12.2. The van der Waals surface area contributed by atoms with Gasteiger partial charge in [-0.2, -0.15) is 0 Å². The molecule has 2 aromatic heterocycles. The summed E-state index contributed by atoms with van der Waals surface area (Å²) in [7, 11) is 1.34. The van der Waals surface area contributed by atoms with Crippen molar-refractivity contribution in [3.63, 3.8) is 0 Å². The number of carbonyl (C=O) groups excluding carboxylic acids is 2. The number of carbonyl (C=O) groups is 2. The van der Waals surface area contributed by atoms with Gasteiger partial charge in [-0.15, -0.1) is 11.3 Å². The molecule has 2 heterocycles. The topological polar surface area (TPSA) is 70.4 Å². The summed E-state index contributed by atoms with van der Waals surface area (Å²) in [6.45, 7) is 5.64. The molecule has 0 amide bonds. The molecule has 0 saturated heterocycles. The Kier molecular flexibility index (Phi) is 8.32. The number of imidazole rings is 1. The highest BCUT2D eigenvalue weighted by atomic mass is 35.5. The number of aromatic nitrogens is 2. The second-order valence-electron chi connectivity index (χ2n) is 8.04. The average molecular weight is 489 g/mol. The van der Waals surface area contributed by atoms with Crippen molar-refractivity contribution in [3.8, 4) is 0 Å². The van der Waals surface area contributed by atoms with Gasteiger partial charge in [-0.25, -0.2) is 4.98 Å². The zero-order chi connectivity index (χ0) is 24.0. The van der Waals surface area contributed by atoms with Crippen molar-refractivity contribution in [2.45, 2.75) is 58.1 Å². The quantitative estimate of drug-likeness (QED) is 0.341. The van der Waals surface area contributed by atoms with E-state index in [1.165, 1.54) is 25.4 Å². The summed E-state index contributed by atoms with van der Waals surface area (Å²) in [6.07, 6.45) is 3.48. The third kappa shape index (κ3) is 5.31. The lowest BCUT2D eigenvalue weighted by atomic mass is 9.80. The Morgan fingerprint density at radius 3 is 2.61 bits per heavy atom. The summed E-state index contributed by atoms with van der Waals surface area (Å²) in [5.41, 5.74) is 0.278. The Bertz CT molecular complexity index is 1100. The monoisotopic (exact) mass is 488 g/mol. The maximum atomic E-state index is 13.2. The van der Waals surface area contributed by atoms with E-state index in [9.17, 15) is 9.59 Å². The largest absolute Gasteiger partial charge is 0.468 e. The van der Waals surface area contributed by atoms with Crippen molar-refractivity contribution in [1.29, 1.82) is 0 Å². The molecule has 0 bridgehead atoms. The fourth-order valence-corrected chi connectivity index (χ4v) is 5.01. The summed E-state index contributed by atoms with van der Waals surface area (Å²) in [6, 6.07) is 11.3. The fraction of sp³-hybridized carbons (Fsp3) is 0.400. The third-order valence-corrected chi connectivity index (χ3v) is 7.20.